The maximum atomic E-state index is 9.43. The SMILES string of the molecule is Cc1ccc(CO)cc1NCc1ccnc(Nc2cc(N3CCOCC3)nc(N3CCOCC3)n2)n1. The van der Waals surface area contributed by atoms with Crippen LogP contribution in [0.1, 0.15) is 16.8 Å². The lowest BCUT2D eigenvalue weighted by Crippen LogP contribution is -2.39. The minimum Gasteiger partial charge on any atom is -0.392 e. The standard InChI is InChI=1S/C25H32N8O3/c1-18-2-3-19(17-34)14-21(18)27-16-20-4-5-26-24(28-20)29-22-15-23(32-6-10-35-11-7-32)31-25(30-22)33-8-12-36-13-9-33/h2-5,14-15,27,34H,6-13,16-17H2,1H3,(H,26,28,29,30,31). The van der Waals surface area contributed by atoms with E-state index >= 15 is 0 Å². The number of rotatable bonds is 8. The van der Waals surface area contributed by atoms with Gasteiger partial charge in [0.05, 0.1) is 45.3 Å². The van der Waals surface area contributed by atoms with Crippen molar-refractivity contribution in [2.24, 2.45) is 0 Å². The number of nitrogens with one attached hydrogen (secondary N) is 2. The highest BCUT2D eigenvalue weighted by atomic mass is 16.5. The van der Waals surface area contributed by atoms with Crippen molar-refractivity contribution in [3.8, 4) is 0 Å². The largest absolute Gasteiger partial charge is 0.392 e. The van der Waals surface area contributed by atoms with Gasteiger partial charge >= 0.3 is 0 Å². The average molecular weight is 493 g/mol. The van der Waals surface area contributed by atoms with E-state index < -0.39 is 0 Å². The molecule has 0 radical (unpaired) electrons. The van der Waals surface area contributed by atoms with Crippen LogP contribution in [0.3, 0.4) is 0 Å². The minimum absolute atomic E-state index is 0.00828. The van der Waals surface area contributed by atoms with Crippen LogP contribution in [-0.2, 0) is 22.6 Å². The van der Waals surface area contributed by atoms with Crippen LogP contribution in [0.25, 0.3) is 0 Å². The quantitative estimate of drug-likeness (QED) is 0.429. The van der Waals surface area contributed by atoms with Crippen LogP contribution in [0.4, 0.5) is 29.2 Å². The van der Waals surface area contributed by atoms with E-state index in [-0.39, 0.29) is 6.61 Å². The fourth-order valence-corrected chi connectivity index (χ4v) is 4.16. The topological polar surface area (TPSA) is 121 Å². The predicted molar refractivity (Wildman–Crippen MR) is 138 cm³/mol. The van der Waals surface area contributed by atoms with Gasteiger partial charge in [-0.3, -0.25) is 0 Å². The third-order valence-corrected chi connectivity index (χ3v) is 6.23. The summed E-state index contributed by atoms with van der Waals surface area (Å²) in [6.07, 6.45) is 1.73. The molecule has 11 nitrogen and oxygen atoms in total. The maximum absolute atomic E-state index is 9.43. The Morgan fingerprint density at radius 3 is 2.42 bits per heavy atom. The van der Waals surface area contributed by atoms with E-state index in [1.165, 1.54) is 0 Å². The van der Waals surface area contributed by atoms with Crippen LogP contribution in [0.15, 0.2) is 36.5 Å². The van der Waals surface area contributed by atoms with Gasteiger partial charge in [-0.05, 0) is 30.2 Å². The van der Waals surface area contributed by atoms with Crippen LogP contribution in [0.5, 0.6) is 0 Å². The van der Waals surface area contributed by atoms with E-state index in [0.29, 0.717) is 50.7 Å². The lowest BCUT2D eigenvalue weighted by molar-refractivity contribution is 0.121. The molecule has 5 rings (SSSR count). The van der Waals surface area contributed by atoms with Crippen molar-refractivity contribution in [1.82, 2.24) is 19.9 Å². The van der Waals surface area contributed by atoms with Crippen LogP contribution >= 0.6 is 0 Å². The summed E-state index contributed by atoms with van der Waals surface area (Å²) < 4.78 is 11.0. The zero-order valence-corrected chi connectivity index (χ0v) is 20.5. The zero-order valence-electron chi connectivity index (χ0n) is 20.5. The fourth-order valence-electron chi connectivity index (χ4n) is 4.16. The van der Waals surface area contributed by atoms with Crippen LogP contribution in [0, 0.1) is 6.92 Å². The Morgan fingerprint density at radius 2 is 1.67 bits per heavy atom. The van der Waals surface area contributed by atoms with Crippen LogP contribution < -0.4 is 20.4 Å². The molecule has 2 saturated heterocycles. The van der Waals surface area contributed by atoms with Gasteiger partial charge in [0, 0.05) is 44.1 Å². The second-order valence-electron chi connectivity index (χ2n) is 8.77. The Bertz CT molecular complexity index is 1130. The van der Waals surface area contributed by atoms with E-state index in [1.807, 2.05) is 37.3 Å². The van der Waals surface area contributed by atoms with Crippen molar-refractivity contribution in [1.29, 1.82) is 0 Å². The Morgan fingerprint density at radius 1 is 0.917 bits per heavy atom. The summed E-state index contributed by atoms with van der Waals surface area (Å²) in [5.74, 6) is 2.63. The second kappa shape index (κ2) is 11.5. The van der Waals surface area contributed by atoms with Gasteiger partial charge in [-0.15, -0.1) is 0 Å². The first-order valence-corrected chi connectivity index (χ1v) is 12.3. The molecule has 0 atom stereocenters. The molecule has 3 N–H and O–H groups in total. The normalized spacial score (nSPS) is 16.2. The molecule has 11 heteroatoms. The van der Waals surface area contributed by atoms with Crippen molar-refractivity contribution in [3.05, 3.63) is 53.3 Å². The van der Waals surface area contributed by atoms with Crippen molar-refractivity contribution in [2.45, 2.75) is 20.1 Å². The number of hydrogen-bond acceptors (Lipinski definition) is 11. The van der Waals surface area contributed by atoms with Gasteiger partial charge in [0.2, 0.25) is 11.9 Å². The molecule has 0 spiro atoms. The maximum Gasteiger partial charge on any atom is 0.229 e. The van der Waals surface area contributed by atoms with Gasteiger partial charge in [-0.25, -0.2) is 9.97 Å². The Balaban J connectivity index is 1.34. The van der Waals surface area contributed by atoms with E-state index in [4.69, 9.17) is 19.4 Å². The van der Waals surface area contributed by atoms with Crippen LogP contribution in [-0.4, -0.2) is 77.6 Å². The molecule has 3 aromatic rings. The molecule has 4 heterocycles. The summed E-state index contributed by atoms with van der Waals surface area (Å²) in [6.45, 7) is 8.31. The molecule has 2 fully saturated rings. The summed E-state index contributed by atoms with van der Waals surface area (Å²) >= 11 is 0. The number of aryl methyl sites for hydroxylation is 1. The van der Waals surface area contributed by atoms with Crippen molar-refractivity contribution < 1.29 is 14.6 Å². The van der Waals surface area contributed by atoms with E-state index in [1.54, 1.807) is 6.20 Å². The first kappa shape index (κ1) is 24.2. The molecule has 36 heavy (non-hydrogen) atoms. The molecule has 0 amide bonds. The van der Waals surface area contributed by atoms with Gasteiger partial charge < -0.3 is 35.0 Å². The molecule has 0 aliphatic carbocycles. The Hall–Kier alpha value is -3.54. The number of anilines is 5. The van der Waals surface area contributed by atoms with Gasteiger partial charge in [-0.1, -0.05) is 12.1 Å². The molecule has 0 unspecified atom stereocenters. The molecular weight excluding hydrogens is 460 g/mol. The molecule has 2 aliphatic rings. The van der Waals surface area contributed by atoms with E-state index in [0.717, 1.165) is 54.5 Å². The third-order valence-electron chi connectivity index (χ3n) is 6.23. The molecule has 2 aromatic heterocycles. The number of nitrogens with zero attached hydrogens (tertiary/aromatic N) is 6. The number of benzene rings is 1. The van der Waals surface area contributed by atoms with Gasteiger partial charge in [0.1, 0.15) is 11.6 Å². The molecule has 0 saturated carbocycles. The Labute approximate surface area is 210 Å². The Kier molecular flexibility index (Phi) is 7.70. The van der Waals surface area contributed by atoms with Gasteiger partial charge in [-0.2, -0.15) is 9.97 Å². The minimum atomic E-state index is 0.00828. The van der Waals surface area contributed by atoms with Crippen LogP contribution in [0.2, 0.25) is 0 Å². The summed E-state index contributed by atoms with van der Waals surface area (Å²) in [6, 6.07) is 9.69. The van der Waals surface area contributed by atoms with Crippen molar-refractivity contribution in [2.75, 3.05) is 73.0 Å². The third kappa shape index (κ3) is 5.99. The molecule has 190 valence electrons. The fraction of sp³-hybridized carbons (Fsp3) is 0.440. The van der Waals surface area contributed by atoms with Crippen molar-refractivity contribution in [3.63, 3.8) is 0 Å². The monoisotopic (exact) mass is 492 g/mol. The highest BCUT2D eigenvalue weighted by Crippen LogP contribution is 2.24. The smallest absolute Gasteiger partial charge is 0.229 e. The lowest BCUT2D eigenvalue weighted by Gasteiger charge is -2.31. The summed E-state index contributed by atoms with van der Waals surface area (Å²) in [7, 11) is 0. The zero-order chi connectivity index (χ0) is 24.7. The number of hydrogen-bond donors (Lipinski definition) is 3. The number of aliphatic hydroxyl groups excluding tert-OH is 1. The van der Waals surface area contributed by atoms with E-state index in [2.05, 4.69) is 30.4 Å². The lowest BCUT2D eigenvalue weighted by atomic mass is 10.1. The first-order chi connectivity index (χ1) is 17.7. The molecule has 2 aliphatic heterocycles. The summed E-state index contributed by atoms with van der Waals surface area (Å²) in [5, 5.41) is 16.1. The molecule has 1 aromatic carbocycles. The summed E-state index contributed by atoms with van der Waals surface area (Å²) in [5.41, 5.74) is 3.77. The predicted octanol–water partition coefficient (Wildman–Crippen LogP) is 2.10. The molecular formula is C25H32N8O3. The van der Waals surface area contributed by atoms with E-state index in [9.17, 15) is 5.11 Å². The highest BCUT2D eigenvalue weighted by molar-refractivity contribution is 5.59. The number of morpholine rings is 2. The highest BCUT2D eigenvalue weighted by Gasteiger charge is 2.20. The molecule has 0 bridgehead atoms. The van der Waals surface area contributed by atoms with Crippen molar-refractivity contribution >= 4 is 29.2 Å². The summed E-state index contributed by atoms with van der Waals surface area (Å²) in [4.78, 5) is 23.1. The van der Waals surface area contributed by atoms with Gasteiger partial charge in [0.15, 0.2) is 0 Å². The average Bonchev–Trinajstić information content (AvgIpc) is 2.93. The number of aromatic nitrogens is 4. The van der Waals surface area contributed by atoms with Gasteiger partial charge in [0.25, 0.3) is 0 Å². The number of aliphatic hydroxyl groups is 1. The second-order valence-corrected chi connectivity index (χ2v) is 8.77. The first-order valence-electron chi connectivity index (χ1n) is 12.3. The number of ether oxygens (including phenoxy) is 2.